The van der Waals surface area contributed by atoms with Gasteiger partial charge in [-0.15, -0.1) is 0 Å². The summed E-state index contributed by atoms with van der Waals surface area (Å²) >= 11 is 5.31. The average Bonchev–Trinajstić information content (AvgIpc) is 2.15. The van der Waals surface area contributed by atoms with Gasteiger partial charge in [-0.05, 0) is 43.0 Å². The van der Waals surface area contributed by atoms with Crippen LogP contribution in [0.2, 0.25) is 0 Å². The van der Waals surface area contributed by atoms with E-state index in [2.05, 4.69) is 42.9 Å². The van der Waals surface area contributed by atoms with Gasteiger partial charge in [0.25, 0.3) is 0 Å². The SMILES string of the molecule is Cc1cc(C)c2cc(C(C)C)c(=S)nc-2[nH]1. The number of rotatable bonds is 1. The molecule has 0 aromatic heterocycles. The fourth-order valence-corrected chi connectivity index (χ4v) is 2.33. The summed E-state index contributed by atoms with van der Waals surface area (Å²) in [6.07, 6.45) is 0. The van der Waals surface area contributed by atoms with E-state index in [4.69, 9.17) is 12.2 Å². The lowest BCUT2D eigenvalue weighted by Crippen LogP contribution is -2.01. The minimum Gasteiger partial charge on any atom is -0.344 e. The topological polar surface area (TPSA) is 28.7 Å². The van der Waals surface area contributed by atoms with Crippen LogP contribution in [0.1, 0.15) is 36.6 Å². The Kier molecular flexibility index (Phi) is 2.80. The van der Waals surface area contributed by atoms with E-state index < -0.39 is 0 Å². The van der Waals surface area contributed by atoms with E-state index in [1.807, 2.05) is 6.92 Å². The first-order chi connectivity index (χ1) is 7.49. The van der Waals surface area contributed by atoms with Crippen molar-refractivity contribution in [3.63, 3.8) is 0 Å². The van der Waals surface area contributed by atoms with Crippen LogP contribution < -0.4 is 0 Å². The predicted octanol–water partition coefficient (Wildman–Crippen LogP) is 3.98. The summed E-state index contributed by atoms with van der Waals surface area (Å²) in [6, 6.07) is 4.30. The zero-order valence-electron chi connectivity index (χ0n) is 10.1. The number of aryl methyl sites for hydroxylation is 2. The molecule has 0 spiro atoms. The maximum Gasteiger partial charge on any atom is 0.139 e. The molecular formula is C13H16N2S. The lowest BCUT2D eigenvalue weighted by molar-refractivity contribution is 0.850. The van der Waals surface area contributed by atoms with E-state index in [1.165, 1.54) is 11.1 Å². The monoisotopic (exact) mass is 232 g/mol. The summed E-state index contributed by atoms with van der Waals surface area (Å²) in [4.78, 5) is 7.74. The minimum atomic E-state index is 0.421. The second-order valence-corrected chi connectivity index (χ2v) is 4.96. The molecule has 16 heavy (non-hydrogen) atoms. The molecule has 2 heterocycles. The Hall–Kier alpha value is -1.22. The standard InChI is InChI=1S/C13H16N2S/c1-7(2)10-6-11-8(3)5-9(4)14-12(11)15-13(10)16/h5-7H,1-4H3,(H,14,15,16). The van der Waals surface area contributed by atoms with E-state index in [1.54, 1.807) is 0 Å². The first kappa shape index (κ1) is 11.3. The molecule has 2 rings (SSSR count). The maximum absolute atomic E-state index is 5.31. The number of aromatic amines is 1. The highest BCUT2D eigenvalue weighted by Crippen LogP contribution is 2.27. The van der Waals surface area contributed by atoms with E-state index in [-0.39, 0.29) is 0 Å². The Morgan fingerprint density at radius 3 is 2.56 bits per heavy atom. The molecule has 0 saturated carbocycles. The largest absolute Gasteiger partial charge is 0.344 e. The van der Waals surface area contributed by atoms with Crippen LogP contribution in [0.25, 0.3) is 11.4 Å². The molecule has 0 bridgehead atoms. The molecule has 1 N–H and O–H groups in total. The van der Waals surface area contributed by atoms with E-state index in [0.29, 0.717) is 10.6 Å². The number of hydrogen-bond acceptors (Lipinski definition) is 2. The molecule has 0 saturated heterocycles. The van der Waals surface area contributed by atoms with Crippen molar-refractivity contribution in [1.82, 2.24) is 9.97 Å². The fourth-order valence-electron chi connectivity index (χ4n) is 1.95. The zero-order valence-corrected chi connectivity index (χ0v) is 10.9. The van der Waals surface area contributed by atoms with Gasteiger partial charge in [0, 0.05) is 11.3 Å². The lowest BCUT2D eigenvalue weighted by Gasteiger charge is -2.13. The van der Waals surface area contributed by atoms with Crippen molar-refractivity contribution >= 4 is 12.2 Å². The summed E-state index contributed by atoms with van der Waals surface area (Å²) < 4.78 is 0.712. The first-order valence-corrected chi connectivity index (χ1v) is 5.91. The lowest BCUT2D eigenvalue weighted by atomic mass is 9.99. The molecule has 0 amide bonds. The quantitative estimate of drug-likeness (QED) is 0.753. The van der Waals surface area contributed by atoms with Crippen molar-refractivity contribution in [2.75, 3.05) is 0 Å². The smallest absolute Gasteiger partial charge is 0.139 e. The van der Waals surface area contributed by atoms with E-state index in [0.717, 1.165) is 17.1 Å². The Morgan fingerprint density at radius 2 is 1.94 bits per heavy atom. The summed E-state index contributed by atoms with van der Waals surface area (Å²) in [5.74, 6) is 1.32. The van der Waals surface area contributed by atoms with Crippen molar-refractivity contribution in [2.24, 2.45) is 0 Å². The third kappa shape index (κ3) is 1.87. The van der Waals surface area contributed by atoms with Crippen molar-refractivity contribution in [3.8, 4) is 11.4 Å². The second kappa shape index (κ2) is 3.98. The van der Waals surface area contributed by atoms with Crippen molar-refractivity contribution < 1.29 is 0 Å². The third-order valence-electron chi connectivity index (χ3n) is 2.81. The van der Waals surface area contributed by atoms with Gasteiger partial charge in [-0.25, -0.2) is 4.98 Å². The predicted molar refractivity (Wildman–Crippen MR) is 69.6 cm³/mol. The number of pyridine rings is 2. The number of nitrogens with zero attached hydrogens (tertiary/aromatic N) is 1. The highest BCUT2D eigenvalue weighted by Gasteiger charge is 2.12. The van der Waals surface area contributed by atoms with Crippen LogP contribution in [0.5, 0.6) is 0 Å². The Morgan fingerprint density at radius 1 is 1.25 bits per heavy atom. The second-order valence-electron chi connectivity index (χ2n) is 4.57. The van der Waals surface area contributed by atoms with Crippen molar-refractivity contribution in [3.05, 3.63) is 33.6 Å². The van der Waals surface area contributed by atoms with Gasteiger partial charge < -0.3 is 4.98 Å². The van der Waals surface area contributed by atoms with Crippen LogP contribution in [-0.4, -0.2) is 9.97 Å². The van der Waals surface area contributed by atoms with Crippen LogP contribution in [0.3, 0.4) is 0 Å². The maximum atomic E-state index is 5.31. The Balaban J connectivity index is 2.80. The van der Waals surface area contributed by atoms with Gasteiger partial charge in [0.2, 0.25) is 0 Å². The van der Waals surface area contributed by atoms with Crippen LogP contribution in [0.15, 0.2) is 12.1 Å². The van der Waals surface area contributed by atoms with Crippen LogP contribution in [0, 0.1) is 18.5 Å². The Labute approximate surface area is 101 Å². The molecule has 0 atom stereocenters. The van der Waals surface area contributed by atoms with Gasteiger partial charge >= 0.3 is 0 Å². The van der Waals surface area contributed by atoms with Crippen molar-refractivity contribution in [1.29, 1.82) is 0 Å². The van der Waals surface area contributed by atoms with E-state index in [9.17, 15) is 0 Å². The van der Waals surface area contributed by atoms with Gasteiger partial charge in [0.1, 0.15) is 10.5 Å². The van der Waals surface area contributed by atoms with Gasteiger partial charge in [-0.2, -0.15) is 0 Å². The van der Waals surface area contributed by atoms with Crippen LogP contribution in [0.4, 0.5) is 0 Å². The summed E-state index contributed by atoms with van der Waals surface area (Å²) in [6.45, 7) is 8.43. The summed E-state index contributed by atoms with van der Waals surface area (Å²) in [7, 11) is 0. The molecule has 0 radical (unpaired) electrons. The molecular weight excluding hydrogens is 216 g/mol. The molecule has 0 aromatic rings. The third-order valence-corrected chi connectivity index (χ3v) is 3.14. The highest BCUT2D eigenvalue weighted by molar-refractivity contribution is 7.71. The molecule has 0 aliphatic carbocycles. The average molecular weight is 232 g/mol. The van der Waals surface area contributed by atoms with Crippen LogP contribution in [-0.2, 0) is 0 Å². The van der Waals surface area contributed by atoms with Gasteiger partial charge in [0.05, 0.1) is 0 Å². The van der Waals surface area contributed by atoms with E-state index >= 15 is 0 Å². The van der Waals surface area contributed by atoms with Crippen molar-refractivity contribution in [2.45, 2.75) is 33.6 Å². The molecule has 2 aliphatic rings. The molecule has 0 unspecified atom stereocenters. The first-order valence-electron chi connectivity index (χ1n) is 5.50. The molecule has 0 aromatic carbocycles. The molecule has 2 aliphatic heterocycles. The number of fused-ring (bicyclic) bond motifs is 1. The molecule has 2 nitrogen and oxygen atoms in total. The Bertz CT molecular complexity index is 555. The van der Waals surface area contributed by atoms with Gasteiger partial charge in [-0.3, -0.25) is 0 Å². The zero-order chi connectivity index (χ0) is 11.9. The molecule has 0 fully saturated rings. The molecule has 84 valence electrons. The number of nitrogens with one attached hydrogen (secondary N) is 1. The number of hydrogen-bond donors (Lipinski definition) is 1. The normalized spacial score (nSPS) is 11.3. The van der Waals surface area contributed by atoms with Gasteiger partial charge in [0.15, 0.2) is 0 Å². The van der Waals surface area contributed by atoms with Gasteiger partial charge in [-0.1, -0.05) is 26.1 Å². The number of aromatic nitrogens is 2. The number of H-pyrrole nitrogens is 1. The van der Waals surface area contributed by atoms with Crippen LogP contribution >= 0.6 is 12.2 Å². The summed E-state index contributed by atoms with van der Waals surface area (Å²) in [5, 5.41) is 0. The minimum absolute atomic E-state index is 0.421. The fraction of sp³-hybridized carbons (Fsp3) is 0.385. The molecule has 3 heteroatoms. The highest BCUT2D eigenvalue weighted by atomic mass is 32.1. The summed E-state index contributed by atoms with van der Waals surface area (Å²) in [5.41, 5.74) is 4.69.